The fourth-order valence-electron chi connectivity index (χ4n) is 1.64. The molecule has 0 atom stereocenters. The van der Waals surface area contributed by atoms with Crippen LogP contribution >= 0.6 is 15.9 Å². The van der Waals surface area contributed by atoms with Crippen LogP contribution in [0.15, 0.2) is 34.9 Å². The second kappa shape index (κ2) is 5.36. The molecule has 0 N–H and O–H groups in total. The van der Waals surface area contributed by atoms with Crippen LogP contribution in [0.25, 0.3) is 0 Å². The van der Waals surface area contributed by atoms with Gasteiger partial charge in [0.15, 0.2) is 0 Å². The molecule has 0 fully saturated rings. The van der Waals surface area contributed by atoms with Gasteiger partial charge in [-0.25, -0.2) is 4.98 Å². The SMILES string of the molecule is Cc1cc(Oc2ncc(Br)cc2C)ccc1[N+](=O)[O-]. The molecule has 0 bridgehead atoms. The summed E-state index contributed by atoms with van der Waals surface area (Å²) in [6.45, 7) is 3.55. The van der Waals surface area contributed by atoms with E-state index in [2.05, 4.69) is 20.9 Å². The third-order valence-corrected chi connectivity index (χ3v) is 3.01. The average molecular weight is 323 g/mol. The monoisotopic (exact) mass is 322 g/mol. The number of rotatable bonds is 3. The Balaban J connectivity index is 2.29. The van der Waals surface area contributed by atoms with Gasteiger partial charge < -0.3 is 4.74 Å². The number of aryl methyl sites for hydroxylation is 2. The van der Waals surface area contributed by atoms with Crippen molar-refractivity contribution >= 4 is 21.6 Å². The highest BCUT2D eigenvalue weighted by Crippen LogP contribution is 2.28. The molecule has 98 valence electrons. The maximum atomic E-state index is 10.7. The molecule has 2 aromatic rings. The maximum absolute atomic E-state index is 10.7. The van der Waals surface area contributed by atoms with Crippen molar-refractivity contribution in [3.63, 3.8) is 0 Å². The number of nitrogens with zero attached hydrogens (tertiary/aromatic N) is 2. The van der Waals surface area contributed by atoms with Crippen LogP contribution in [0.4, 0.5) is 5.69 Å². The van der Waals surface area contributed by atoms with Gasteiger partial charge in [-0.3, -0.25) is 10.1 Å². The molecule has 1 aromatic heterocycles. The van der Waals surface area contributed by atoms with E-state index in [-0.39, 0.29) is 5.69 Å². The molecular weight excluding hydrogens is 312 g/mol. The summed E-state index contributed by atoms with van der Waals surface area (Å²) in [5.41, 5.74) is 1.51. The summed E-state index contributed by atoms with van der Waals surface area (Å²) in [6, 6.07) is 6.51. The number of hydrogen-bond acceptors (Lipinski definition) is 4. The van der Waals surface area contributed by atoms with E-state index in [0.29, 0.717) is 17.2 Å². The van der Waals surface area contributed by atoms with Crippen LogP contribution in [0.5, 0.6) is 11.6 Å². The predicted molar refractivity (Wildman–Crippen MR) is 74.6 cm³/mol. The van der Waals surface area contributed by atoms with Crippen molar-refractivity contribution in [2.24, 2.45) is 0 Å². The van der Waals surface area contributed by atoms with E-state index in [4.69, 9.17) is 4.74 Å². The van der Waals surface area contributed by atoms with Crippen molar-refractivity contribution < 1.29 is 9.66 Å². The largest absolute Gasteiger partial charge is 0.439 e. The first-order valence-corrected chi connectivity index (χ1v) is 6.31. The van der Waals surface area contributed by atoms with Gasteiger partial charge in [-0.15, -0.1) is 0 Å². The van der Waals surface area contributed by atoms with E-state index in [1.165, 1.54) is 6.07 Å². The van der Waals surface area contributed by atoms with E-state index < -0.39 is 4.92 Å². The predicted octanol–water partition coefficient (Wildman–Crippen LogP) is 4.16. The van der Waals surface area contributed by atoms with Gasteiger partial charge in [0.2, 0.25) is 5.88 Å². The zero-order valence-corrected chi connectivity index (χ0v) is 12.0. The minimum Gasteiger partial charge on any atom is -0.439 e. The normalized spacial score (nSPS) is 10.3. The molecule has 0 aliphatic carbocycles. The van der Waals surface area contributed by atoms with Gasteiger partial charge in [-0.1, -0.05) is 0 Å². The first kappa shape index (κ1) is 13.5. The van der Waals surface area contributed by atoms with Gasteiger partial charge in [0, 0.05) is 27.9 Å². The van der Waals surface area contributed by atoms with Crippen molar-refractivity contribution in [1.82, 2.24) is 4.98 Å². The molecule has 1 aromatic carbocycles. The molecular formula is C13H11BrN2O3. The first-order valence-electron chi connectivity index (χ1n) is 5.52. The second-order valence-corrected chi connectivity index (χ2v) is 5.00. The summed E-state index contributed by atoms with van der Waals surface area (Å²) in [5.74, 6) is 1.01. The second-order valence-electron chi connectivity index (χ2n) is 4.08. The zero-order chi connectivity index (χ0) is 14.0. The summed E-state index contributed by atoms with van der Waals surface area (Å²) in [6.07, 6.45) is 1.64. The number of ether oxygens (including phenoxy) is 1. The van der Waals surface area contributed by atoms with Gasteiger partial charge in [-0.05, 0) is 48.0 Å². The fraction of sp³-hybridized carbons (Fsp3) is 0.154. The van der Waals surface area contributed by atoms with Crippen LogP contribution in [-0.4, -0.2) is 9.91 Å². The number of aromatic nitrogens is 1. The highest BCUT2D eigenvalue weighted by Gasteiger charge is 2.12. The van der Waals surface area contributed by atoms with Gasteiger partial charge >= 0.3 is 0 Å². The van der Waals surface area contributed by atoms with Gasteiger partial charge in [0.05, 0.1) is 4.92 Å². The van der Waals surface area contributed by atoms with E-state index in [9.17, 15) is 10.1 Å². The summed E-state index contributed by atoms with van der Waals surface area (Å²) in [4.78, 5) is 14.5. The highest BCUT2D eigenvalue weighted by molar-refractivity contribution is 9.10. The van der Waals surface area contributed by atoms with Crippen molar-refractivity contribution in [2.45, 2.75) is 13.8 Å². The van der Waals surface area contributed by atoms with E-state index >= 15 is 0 Å². The first-order chi connectivity index (χ1) is 8.97. The van der Waals surface area contributed by atoms with Gasteiger partial charge in [-0.2, -0.15) is 0 Å². The van der Waals surface area contributed by atoms with Crippen LogP contribution in [-0.2, 0) is 0 Å². The third-order valence-electron chi connectivity index (χ3n) is 2.58. The molecule has 0 unspecified atom stereocenters. The zero-order valence-electron chi connectivity index (χ0n) is 10.4. The standard InChI is InChI=1S/C13H11BrN2O3/c1-8-6-11(3-4-12(8)16(17)18)19-13-9(2)5-10(14)7-15-13/h3-7H,1-2H3. The molecule has 0 spiro atoms. The smallest absolute Gasteiger partial charge is 0.272 e. The van der Waals surface area contributed by atoms with Crippen LogP contribution in [0.2, 0.25) is 0 Å². The molecule has 6 heteroatoms. The average Bonchev–Trinajstić information content (AvgIpc) is 2.32. The molecule has 0 aliphatic rings. The molecule has 0 aliphatic heterocycles. The lowest BCUT2D eigenvalue weighted by atomic mass is 10.2. The Labute approximate surface area is 118 Å². The third kappa shape index (κ3) is 3.08. The molecule has 0 saturated carbocycles. The van der Waals surface area contributed by atoms with Crippen molar-refractivity contribution in [1.29, 1.82) is 0 Å². The quantitative estimate of drug-likeness (QED) is 0.628. The van der Waals surface area contributed by atoms with Crippen molar-refractivity contribution in [3.05, 3.63) is 56.2 Å². The number of pyridine rings is 1. The maximum Gasteiger partial charge on any atom is 0.272 e. The summed E-state index contributed by atoms with van der Waals surface area (Å²) < 4.78 is 6.50. The Hall–Kier alpha value is -1.95. The number of halogens is 1. The molecule has 2 rings (SSSR count). The minimum atomic E-state index is -0.414. The van der Waals surface area contributed by atoms with Crippen molar-refractivity contribution in [2.75, 3.05) is 0 Å². The van der Waals surface area contributed by atoms with Crippen LogP contribution < -0.4 is 4.74 Å². The lowest BCUT2D eigenvalue weighted by molar-refractivity contribution is -0.385. The summed E-state index contributed by atoms with van der Waals surface area (Å²) in [5, 5.41) is 10.7. The minimum absolute atomic E-state index is 0.0767. The molecule has 1 heterocycles. The molecule has 19 heavy (non-hydrogen) atoms. The Morgan fingerprint density at radius 2 is 2.00 bits per heavy atom. The number of benzene rings is 1. The topological polar surface area (TPSA) is 65.3 Å². The fourth-order valence-corrected chi connectivity index (χ4v) is 2.09. The Morgan fingerprint density at radius 1 is 1.26 bits per heavy atom. The Bertz CT molecular complexity index is 644. The van der Waals surface area contributed by atoms with Gasteiger partial charge in [0.1, 0.15) is 5.75 Å². The number of hydrogen-bond donors (Lipinski definition) is 0. The molecule has 0 saturated heterocycles. The Kier molecular flexibility index (Phi) is 3.80. The summed E-state index contributed by atoms with van der Waals surface area (Å²) >= 11 is 3.33. The molecule has 5 nitrogen and oxygen atoms in total. The van der Waals surface area contributed by atoms with Crippen LogP contribution in [0.1, 0.15) is 11.1 Å². The van der Waals surface area contributed by atoms with Crippen molar-refractivity contribution in [3.8, 4) is 11.6 Å². The van der Waals surface area contributed by atoms with E-state index in [1.807, 2.05) is 13.0 Å². The lowest BCUT2D eigenvalue weighted by Crippen LogP contribution is -1.94. The summed E-state index contributed by atoms with van der Waals surface area (Å²) in [7, 11) is 0. The van der Waals surface area contributed by atoms with Crippen LogP contribution in [0, 0.1) is 24.0 Å². The van der Waals surface area contributed by atoms with E-state index in [1.54, 1.807) is 25.3 Å². The van der Waals surface area contributed by atoms with Crippen LogP contribution in [0.3, 0.4) is 0 Å². The van der Waals surface area contributed by atoms with E-state index in [0.717, 1.165) is 10.0 Å². The molecule has 0 radical (unpaired) electrons. The highest BCUT2D eigenvalue weighted by atomic mass is 79.9. The molecule has 0 amide bonds. The Morgan fingerprint density at radius 3 is 2.58 bits per heavy atom. The number of nitro benzene ring substituents is 1. The lowest BCUT2D eigenvalue weighted by Gasteiger charge is -2.08. The van der Waals surface area contributed by atoms with Gasteiger partial charge in [0.25, 0.3) is 5.69 Å². The number of nitro groups is 1.